The Morgan fingerprint density at radius 3 is 2.44 bits per heavy atom. The first kappa shape index (κ1) is 20.6. The zero-order chi connectivity index (χ0) is 19.6. The van der Waals surface area contributed by atoms with Crippen LogP contribution in [0.4, 0.5) is 5.69 Å². The molecule has 0 atom stereocenters. The average Bonchev–Trinajstić information content (AvgIpc) is 2.70. The van der Waals surface area contributed by atoms with E-state index < -0.39 is 0 Å². The molecule has 1 amide bonds. The number of para-hydroxylation sites is 1. The van der Waals surface area contributed by atoms with E-state index in [4.69, 9.17) is 4.74 Å². The third-order valence-corrected chi connectivity index (χ3v) is 4.54. The summed E-state index contributed by atoms with van der Waals surface area (Å²) in [5, 5.41) is 16.3. The molecule has 27 heavy (non-hydrogen) atoms. The molecule has 0 saturated carbocycles. The molecule has 2 aromatic carbocycles. The molecule has 0 bridgehead atoms. The van der Waals surface area contributed by atoms with Crippen molar-refractivity contribution < 1.29 is 14.6 Å². The first-order valence-corrected chi connectivity index (χ1v) is 9.28. The second kappa shape index (κ2) is 10.4. The Kier molecular flexibility index (Phi) is 7.95. The number of carbonyl (C=O) groups is 1. The predicted octanol–water partition coefficient (Wildman–Crippen LogP) is 3.08. The van der Waals surface area contributed by atoms with Gasteiger partial charge in [-0.05, 0) is 43.4 Å². The van der Waals surface area contributed by atoms with E-state index in [0.717, 1.165) is 30.9 Å². The number of ether oxygens (including phenoxy) is 1. The fourth-order valence-electron chi connectivity index (χ4n) is 2.78. The van der Waals surface area contributed by atoms with Gasteiger partial charge in [-0.3, -0.25) is 4.79 Å². The second-order valence-electron chi connectivity index (χ2n) is 6.18. The van der Waals surface area contributed by atoms with E-state index in [1.165, 1.54) is 7.11 Å². The number of anilines is 1. The fourth-order valence-corrected chi connectivity index (χ4v) is 2.78. The summed E-state index contributed by atoms with van der Waals surface area (Å²) in [7, 11) is 1.53. The van der Waals surface area contributed by atoms with Gasteiger partial charge in [-0.15, -0.1) is 0 Å². The van der Waals surface area contributed by atoms with Crippen molar-refractivity contribution >= 4 is 11.6 Å². The summed E-state index contributed by atoms with van der Waals surface area (Å²) in [6.45, 7) is 8.13. The number of likely N-dealkylation sites (N-methyl/N-ethyl adjacent to an activating group) is 1. The van der Waals surface area contributed by atoms with Crippen molar-refractivity contribution in [2.45, 2.75) is 20.4 Å². The lowest BCUT2D eigenvalue weighted by molar-refractivity contribution is 0.0949. The van der Waals surface area contributed by atoms with Crippen LogP contribution in [0.15, 0.2) is 42.5 Å². The molecule has 6 nitrogen and oxygen atoms in total. The van der Waals surface area contributed by atoms with Crippen LogP contribution in [0.1, 0.15) is 29.8 Å². The molecular formula is C21H29N3O3. The number of methoxy groups -OCH3 is 1. The maximum Gasteiger partial charge on any atom is 0.251 e. The molecule has 0 radical (unpaired) electrons. The maximum absolute atomic E-state index is 12.2. The Morgan fingerprint density at radius 2 is 1.81 bits per heavy atom. The summed E-state index contributed by atoms with van der Waals surface area (Å²) in [6, 6.07) is 12.7. The number of rotatable bonds is 10. The average molecular weight is 371 g/mol. The number of phenolic OH excluding ortho intramolecular Hbond substituents is 1. The molecule has 0 spiro atoms. The highest BCUT2D eigenvalue weighted by atomic mass is 16.5. The molecule has 3 N–H and O–H groups in total. The zero-order valence-electron chi connectivity index (χ0n) is 16.3. The molecule has 0 aliphatic carbocycles. The summed E-state index contributed by atoms with van der Waals surface area (Å²) in [5.41, 5.74) is 2.24. The first-order valence-electron chi connectivity index (χ1n) is 9.28. The molecule has 2 aromatic rings. The van der Waals surface area contributed by atoms with Crippen molar-refractivity contribution in [3.63, 3.8) is 0 Å². The highest BCUT2D eigenvalue weighted by molar-refractivity contribution is 5.94. The Bertz CT molecular complexity index is 728. The van der Waals surface area contributed by atoms with Gasteiger partial charge in [-0.2, -0.15) is 0 Å². The largest absolute Gasteiger partial charge is 0.504 e. The summed E-state index contributed by atoms with van der Waals surface area (Å²) in [6.07, 6.45) is 0. The number of nitrogens with zero attached hydrogens (tertiary/aromatic N) is 1. The highest BCUT2D eigenvalue weighted by Crippen LogP contribution is 2.29. The van der Waals surface area contributed by atoms with E-state index in [-0.39, 0.29) is 11.7 Å². The van der Waals surface area contributed by atoms with Gasteiger partial charge in [-0.1, -0.05) is 26.0 Å². The number of amides is 1. The molecule has 0 unspecified atom stereocenters. The van der Waals surface area contributed by atoms with Gasteiger partial charge in [0.05, 0.1) is 7.11 Å². The van der Waals surface area contributed by atoms with Crippen molar-refractivity contribution in [3.05, 3.63) is 53.6 Å². The number of benzene rings is 2. The van der Waals surface area contributed by atoms with Crippen LogP contribution in [-0.2, 0) is 6.54 Å². The number of hydrogen-bond donors (Lipinski definition) is 3. The zero-order valence-corrected chi connectivity index (χ0v) is 16.3. The van der Waals surface area contributed by atoms with Crippen molar-refractivity contribution in [2.75, 3.05) is 38.6 Å². The van der Waals surface area contributed by atoms with Crippen LogP contribution in [0.2, 0.25) is 0 Å². The number of nitrogens with one attached hydrogen (secondary N) is 2. The minimum atomic E-state index is -0.0702. The quantitative estimate of drug-likeness (QED) is 0.599. The lowest BCUT2D eigenvalue weighted by Crippen LogP contribution is -2.34. The molecule has 6 heteroatoms. The van der Waals surface area contributed by atoms with Gasteiger partial charge in [0, 0.05) is 36.4 Å². The third-order valence-electron chi connectivity index (χ3n) is 4.54. The van der Waals surface area contributed by atoms with Crippen LogP contribution in [0.5, 0.6) is 11.5 Å². The number of phenols is 1. The lowest BCUT2D eigenvalue weighted by atomic mass is 10.1. The molecule has 0 heterocycles. The standard InChI is InChI=1S/C21H29N3O3/c1-4-24(5-2)14-13-22-21(26)16-9-11-18(12-10-16)23-15-17-7-6-8-19(27-3)20(17)25/h6-12,23,25H,4-5,13-15H2,1-3H3,(H,22,26). The molecule has 0 aliphatic heterocycles. The third kappa shape index (κ3) is 5.89. The van der Waals surface area contributed by atoms with E-state index >= 15 is 0 Å². The number of hydrogen-bond acceptors (Lipinski definition) is 5. The monoisotopic (exact) mass is 371 g/mol. The topological polar surface area (TPSA) is 73.8 Å². The Balaban J connectivity index is 1.87. The van der Waals surface area contributed by atoms with Crippen molar-refractivity contribution in [1.29, 1.82) is 0 Å². The highest BCUT2D eigenvalue weighted by Gasteiger charge is 2.08. The fraction of sp³-hybridized carbons (Fsp3) is 0.381. The van der Waals surface area contributed by atoms with E-state index in [9.17, 15) is 9.90 Å². The minimum absolute atomic E-state index is 0.0702. The van der Waals surface area contributed by atoms with Crippen molar-refractivity contribution in [3.8, 4) is 11.5 Å². The maximum atomic E-state index is 12.2. The molecule has 2 rings (SSSR count). The number of carbonyl (C=O) groups excluding carboxylic acids is 1. The van der Waals surface area contributed by atoms with E-state index in [1.54, 1.807) is 18.2 Å². The van der Waals surface area contributed by atoms with Crippen LogP contribution >= 0.6 is 0 Å². The smallest absolute Gasteiger partial charge is 0.251 e. The van der Waals surface area contributed by atoms with Crippen LogP contribution in [0.25, 0.3) is 0 Å². The molecular weight excluding hydrogens is 342 g/mol. The Morgan fingerprint density at radius 1 is 1.11 bits per heavy atom. The normalized spacial score (nSPS) is 10.7. The lowest BCUT2D eigenvalue weighted by Gasteiger charge is -2.18. The first-order chi connectivity index (χ1) is 13.1. The summed E-state index contributed by atoms with van der Waals surface area (Å²) in [5.74, 6) is 0.516. The predicted molar refractivity (Wildman–Crippen MR) is 109 cm³/mol. The Hall–Kier alpha value is -2.73. The van der Waals surface area contributed by atoms with Gasteiger partial charge < -0.3 is 25.4 Å². The van der Waals surface area contributed by atoms with Crippen LogP contribution in [0.3, 0.4) is 0 Å². The van der Waals surface area contributed by atoms with Gasteiger partial charge in [-0.25, -0.2) is 0 Å². The minimum Gasteiger partial charge on any atom is -0.504 e. The van der Waals surface area contributed by atoms with Gasteiger partial charge >= 0.3 is 0 Å². The summed E-state index contributed by atoms with van der Waals surface area (Å²) in [4.78, 5) is 14.5. The molecule has 146 valence electrons. The van der Waals surface area contributed by atoms with E-state index in [2.05, 4.69) is 29.4 Å². The molecule has 0 aromatic heterocycles. The Labute approximate surface area is 161 Å². The summed E-state index contributed by atoms with van der Waals surface area (Å²) >= 11 is 0. The molecule has 0 saturated heterocycles. The van der Waals surface area contributed by atoms with E-state index in [0.29, 0.717) is 24.4 Å². The molecule has 0 aliphatic rings. The van der Waals surface area contributed by atoms with Gasteiger partial charge in [0.15, 0.2) is 11.5 Å². The van der Waals surface area contributed by atoms with Crippen LogP contribution in [-0.4, -0.2) is 49.2 Å². The molecule has 0 fully saturated rings. The number of aromatic hydroxyl groups is 1. The van der Waals surface area contributed by atoms with Crippen molar-refractivity contribution in [1.82, 2.24) is 10.2 Å². The summed E-state index contributed by atoms with van der Waals surface area (Å²) < 4.78 is 5.12. The van der Waals surface area contributed by atoms with Gasteiger partial charge in [0.1, 0.15) is 0 Å². The van der Waals surface area contributed by atoms with Gasteiger partial charge in [0.2, 0.25) is 0 Å². The second-order valence-corrected chi connectivity index (χ2v) is 6.18. The van der Waals surface area contributed by atoms with Crippen molar-refractivity contribution in [2.24, 2.45) is 0 Å². The van der Waals surface area contributed by atoms with E-state index in [1.807, 2.05) is 24.3 Å². The van der Waals surface area contributed by atoms with Gasteiger partial charge in [0.25, 0.3) is 5.91 Å². The van der Waals surface area contributed by atoms with Crippen LogP contribution in [0, 0.1) is 0 Å². The SMILES string of the molecule is CCN(CC)CCNC(=O)c1ccc(NCc2cccc(OC)c2O)cc1. The van der Waals surface area contributed by atoms with Crippen LogP contribution < -0.4 is 15.4 Å².